The van der Waals surface area contributed by atoms with Gasteiger partial charge in [0, 0.05) is 6.61 Å². The van der Waals surface area contributed by atoms with Crippen LogP contribution in [-0.2, 0) is 19.4 Å². The zero-order chi connectivity index (χ0) is 25.3. The Morgan fingerprint density at radius 2 is 1.61 bits per heavy atom. The van der Waals surface area contributed by atoms with Crippen molar-refractivity contribution in [1.29, 1.82) is 0 Å². The standard InChI is InChI=1S/C28H26BNO5S/c1-20-12-16-26(17-13-20)36(32,33)30-27(19-34-29(30)25-10-4-3-5-11-25)21(2)35-28(31)24-15-14-22-8-6-7-9-23(22)18-24/h3-18,21,27H,19H2,1-2H3/t21-,27-/m0/s1. The van der Waals surface area contributed by atoms with Crippen LogP contribution in [0.1, 0.15) is 22.8 Å². The largest absolute Gasteiger partial charge is 0.457 e. The summed E-state index contributed by atoms with van der Waals surface area (Å²) in [7, 11) is -4.79. The summed E-state index contributed by atoms with van der Waals surface area (Å²) in [5.41, 5.74) is 2.08. The van der Waals surface area contributed by atoms with E-state index < -0.39 is 35.2 Å². The number of fused-ring (bicyclic) bond motifs is 1. The molecule has 0 saturated carbocycles. The van der Waals surface area contributed by atoms with Gasteiger partial charge in [-0.05, 0) is 54.3 Å². The van der Waals surface area contributed by atoms with Crippen LogP contribution in [0.3, 0.4) is 0 Å². The molecule has 4 aromatic rings. The number of carbonyl (C=O) groups is 1. The Balaban J connectivity index is 1.45. The minimum atomic E-state index is -3.96. The lowest BCUT2D eigenvalue weighted by atomic mass is 9.74. The lowest BCUT2D eigenvalue weighted by Crippen LogP contribution is -2.54. The second kappa shape index (κ2) is 9.89. The third kappa shape index (κ3) is 4.67. The lowest BCUT2D eigenvalue weighted by molar-refractivity contribution is 0.0217. The fraction of sp³-hybridized carbons (Fsp3) is 0.179. The molecule has 0 spiro atoms. The first-order chi connectivity index (χ1) is 17.3. The Hall–Kier alpha value is -3.46. The Morgan fingerprint density at radius 3 is 2.33 bits per heavy atom. The van der Waals surface area contributed by atoms with Gasteiger partial charge in [0.25, 0.3) is 0 Å². The van der Waals surface area contributed by atoms with Crippen LogP contribution in [-0.4, -0.2) is 44.4 Å². The molecule has 0 radical (unpaired) electrons. The summed E-state index contributed by atoms with van der Waals surface area (Å²) in [5.74, 6) is -0.510. The highest BCUT2D eigenvalue weighted by Gasteiger charge is 2.50. The maximum absolute atomic E-state index is 13.9. The normalized spacial score (nSPS) is 17.3. The number of benzene rings is 4. The van der Waals surface area contributed by atoms with Crippen LogP contribution in [0.15, 0.2) is 102 Å². The first kappa shape index (κ1) is 24.2. The van der Waals surface area contributed by atoms with Crippen LogP contribution >= 0.6 is 0 Å². The summed E-state index contributed by atoms with van der Waals surface area (Å²) in [6, 6.07) is 28.3. The van der Waals surface area contributed by atoms with Gasteiger partial charge in [-0.3, -0.25) is 0 Å². The quantitative estimate of drug-likeness (QED) is 0.294. The van der Waals surface area contributed by atoms with Crippen molar-refractivity contribution >= 4 is 39.3 Å². The SMILES string of the molecule is Cc1ccc(S(=O)(=O)N2B(c3ccccc3)OC[C@H]2[C@H](C)OC(=O)c2ccc3ccccc3c2)cc1. The van der Waals surface area contributed by atoms with E-state index in [0.717, 1.165) is 16.3 Å². The van der Waals surface area contributed by atoms with Crippen molar-refractivity contribution in [1.82, 2.24) is 4.22 Å². The van der Waals surface area contributed by atoms with Crippen molar-refractivity contribution < 1.29 is 22.6 Å². The number of rotatable bonds is 6. The van der Waals surface area contributed by atoms with Crippen LogP contribution in [0.4, 0.5) is 0 Å². The number of aryl methyl sites for hydroxylation is 1. The van der Waals surface area contributed by atoms with Gasteiger partial charge in [-0.25, -0.2) is 13.2 Å². The van der Waals surface area contributed by atoms with Crippen molar-refractivity contribution in [3.05, 3.63) is 108 Å². The predicted octanol–water partition coefficient (Wildman–Crippen LogP) is 4.18. The summed E-state index contributed by atoms with van der Waals surface area (Å²) >= 11 is 0. The fourth-order valence-electron chi connectivity index (χ4n) is 4.48. The highest BCUT2D eigenvalue weighted by molar-refractivity contribution is 7.90. The van der Waals surface area contributed by atoms with Gasteiger partial charge in [-0.15, -0.1) is 0 Å². The molecule has 5 rings (SSSR count). The van der Waals surface area contributed by atoms with Gasteiger partial charge in [0.05, 0.1) is 16.5 Å². The van der Waals surface area contributed by atoms with Crippen LogP contribution in [0.5, 0.6) is 0 Å². The molecule has 1 fully saturated rings. The molecular weight excluding hydrogens is 473 g/mol. The number of esters is 1. The van der Waals surface area contributed by atoms with Crippen molar-refractivity contribution in [2.24, 2.45) is 0 Å². The first-order valence-electron chi connectivity index (χ1n) is 11.8. The molecular formula is C28H26BNO5S. The summed E-state index contributed by atoms with van der Waals surface area (Å²) < 4.78 is 40.9. The lowest BCUT2D eigenvalue weighted by Gasteiger charge is -2.29. The third-order valence-corrected chi connectivity index (χ3v) is 8.37. The molecule has 0 unspecified atom stereocenters. The topological polar surface area (TPSA) is 72.9 Å². The summed E-state index contributed by atoms with van der Waals surface area (Å²) in [5, 5.41) is 1.95. The number of ether oxygens (including phenoxy) is 1. The maximum atomic E-state index is 13.9. The Morgan fingerprint density at radius 1 is 0.944 bits per heavy atom. The second-order valence-corrected chi connectivity index (χ2v) is 10.8. The van der Waals surface area contributed by atoms with Crippen LogP contribution in [0.2, 0.25) is 0 Å². The minimum Gasteiger partial charge on any atom is -0.457 e. The second-order valence-electron chi connectivity index (χ2n) is 8.98. The molecule has 1 aliphatic heterocycles. The van der Waals surface area contributed by atoms with Crippen LogP contribution in [0, 0.1) is 6.92 Å². The van der Waals surface area contributed by atoms with Gasteiger partial charge in [0.2, 0.25) is 10.0 Å². The zero-order valence-electron chi connectivity index (χ0n) is 20.1. The Bertz CT molecular complexity index is 1490. The number of hydrogen-bond acceptors (Lipinski definition) is 5. The van der Waals surface area contributed by atoms with Crippen molar-refractivity contribution in [3.8, 4) is 0 Å². The highest BCUT2D eigenvalue weighted by atomic mass is 32.2. The average molecular weight is 499 g/mol. The predicted molar refractivity (Wildman–Crippen MR) is 141 cm³/mol. The van der Waals surface area contributed by atoms with Crippen molar-refractivity contribution in [2.45, 2.75) is 30.9 Å². The van der Waals surface area contributed by atoms with E-state index >= 15 is 0 Å². The van der Waals surface area contributed by atoms with Crippen LogP contribution < -0.4 is 5.46 Å². The fourth-order valence-corrected chi connectivity index (χ4v) is 6.23. The zero-order valence-corrected chi connectivity index (χ0v) is 20.9. The molecule has 0 aromatic heterocycles. The van der Waals surface area contributed by atoms with E-state index in [9.17, 15) is 13.2 Å². The number of hydrogen-bond donors (Lipinski definition) is 0. The van der Waals surface area contributed by atoms with Gasteiger partial charge in [-0.1, -0.05) is 78.4 Å². The number of nitrogens with zero attached hydrogens (tertiary/aromatic N) is 1. The van der Waals surface area contributed by atoms with Crippen molar-refractivity contribution in [3.63, 3.8) is 0 Å². The highest BCUT2D eigenvalue weighted by Crippen LogP contribution is 2.28. The van der Waals surface area contributed by atoms with Crippen molar-refractivity contribution in [2.75, 3.05) is 6.61 Å². The molecule has 0 aliphatic carbocycles. The molecule has 6 nitrogen and oxygen atoms in total. The smallest absolute Gasteiger partial charge is 0.433 e. The maximum Gasteiger partial charge on any atom is 0.433 e. The minimum absolute atomic E-state index is 0.0941. The molecule has 0 bridgehead atoms. The molecule has 2 atom stereocenters. The first-order valence-corrected chi connectivity index (χ1v) is 13.2. The van der Waals surface area contributed by atoms with E-state index in [-0.39, 0.29) is 11.5 Å². The number of sulfonamides is 1. The number of carbonyl (C=O) groups excluding carboxylic acids is 1. The van der Waals surface area contributed by atoms with Gasteiger partial charge in [0.15, 0.2) is 0 Å². The van der Waals surface area contributed by atoms with Gasteiger partial charge < -0.3 is 9.39 Å². The summed E-state index contributed by atoms with van der Waals surface area (Å²) in [6.45, 7) is 3.70. The molecule has 182 valence electrons. The van der Waals surface area contributed by atoms with E-state index in [0.29, 0.717) is 11.0 Å². The molecule has 1 heterocycles. The van der Waals surface area contributed by atoms with Gasteiger partial charge in [0.1, 0.15) is 6.10 Å². The third-order valence-electron chi connectivity index (χ3n) is 6.48. The molecule has 36 heavy (non-hydrogen) atoms. The molecule has 1 saturated heterocycles. The average Bonchev–Trinajstić information content (AvgIpc) is 3.36. The molecule has 4 aromatic carbocycles. The van der Waals surface area contributed by atoms with E-state index in [1.165, 1.54) is 4.22 Å². The Labute approximate surface area is 211 Å². The van der Waals surface area contributed by atoms with E-state index in [4.69, 9.17) is 9.39 Å². The van der Waals surface area contributed by atoms with E-state index in [1.807, 2.05) is 67.6 Å². The van der Waals surface area contributed by atoms with E-state index in [2.05, 4.69) is 0 Å². The Kier molecular flexibility index (Phi) is 6.66. The molecule has 1 aliphatic rings. The van der Waals surface area contributed by atoms with Crippen LogP contribution in [0.25, 0.3) is 10.8 Å². The molecule has 0 N–H and O–H groups in total. The van der Waals surface area contributed by atoms with Gasteiger partial charge >= 0.3 is 13.0 Å². The molecule has 0 amide bonds. The summed E-state index contributed by atoms with van der Waals surface area (Å²) in [4.78, 5) is 13.2. The van der Waals surface area contributed by atoms with Gasteiger partial charge in [-0.2, -0.15) is 4.22 Å². The van der Waals surface area contributed by atoms with E-state index in [1.54, 1.807) is 43.3 Å². The molecule has 8 heteroatoms. The summed E-state index contributed by atoms with van der Waals surface area (Å²) in [6.07, 6.45) is -0.752. The monoisotopic (exact) mass is 499 g/mol.